The molecule has 0 saturated carbocycles. The van der Waals surface area contributed by atoms with Crippen LogP contribution in [-0.2, 0) is 25.9 Å². The predicted octanol–water partition coefficient (Wildman–Crippen LogP) is 9.16. The molecular formula is C45H48N6OS2. The lowest BCUT2D eigenvalue weighted by atomic mass is 9.89. The van der Waals surface area contributed by atoms with Crippen LogP contribution in [0.4, 0.5) is 4.79 Å². The number of carbonyl (C=O) groups is 1. The van der Waals surface area contributed by atoms with Gasteiger partial charge in [-0.15, -0.1) is 22.7 Å². The first-order chi connectivity index (χ1) is 26.5. The molecule has 4 aromatic carbocycles. The standard InChI is InChI=1S/C45H48N6OS2/c46-45(52)51(37-23-33-17-18-34(24-37)49(33)27-31-13-9-29(10-14-31)21-43-47-39-5-1-3-7-41(39)53-43)38-25-35-19-20-36(26-38)50(35)28-32-15-11-30(12-16-32)22-44-48-40-6-2-4-8-42(40)54-44/h1-16,33-38H,17-28H2,(H2,46,52). The average molecular weight is 753 g/mol. The Hall–Kier alpha value is -4.15. The topological polar surface area (TPSA) is 78.6 Å². The number of benzene rings is 4. The fourth-order valence-electron chi connectivity index (χ4n) is 10.4. The van der Waals surface area contributed by atoms with Crippen LogP contribution in [0.5, 0.6) is 0 Å². The SMILES string of the molecule is NC(=O)N(C1CC2CCC(C1)N2Cc1ccc(Cc2nc3ccccc3s2)cc1)C1CC2CCC(C1)N2Cc1ccc(Cc2nc3ccccc3s2)cc1. The molecule has 2 amide bonds. The summed E-state index contributed by atoms with van der Waals surface area (Å²) < 4.78 is 2.51. The Labute approximate surface area is 325 Å². The van der Waals surface area contributed by atoms with Gasteiger partial charge in [0.05, 0.1) is 30.4 Å². The van der Waals surface area contributed by atoms with Gasteiger partial charge in [0.2, 0.25) is 0 Å². The van der Waals surface area contributed by atoms with Crippen molar-refractivity contribution in [1.29, 1.82) is 0 Å². The molecule has 6 heterocycles. The Morgan fingerprint density at radius 3 is 1.31 bits per heavy atom. The molecule has 10 rings (SSSR count). The van der Waals surface area contributed by atoms with E-state index in [1.54, 1.807) is 22.7 Å². The molecule has 54 heavy (non-hydrogen) atoms. The van der Waals surface area contributed by atoms with Crippen LogP contribution in [0.25, 0.3) is 20.4 Å². The molecule has 4 atom stereocenters. The van der Waals surface area contributed by atoms with Gasteiger partial charge in [-0.3, -0.25) is 9.80 Å². The van der Waals surface area contributed by atoms with Crippen molar-refractivity contribution in [2.24, 2.45) is 5.73 Å². The molecular weight excluding hydrogens is 705 g/mol. The maximum atomic E-state index is 13.3. The summed E-state index contributed by atoms with van der Waals surface area (Å²) in [6, 6.07) is 37.5. The summed E-state index contributed by atoms with van der Waals surface area (Å²) in [7, 11) is 0. The van der Waals surface area contributed by atoms with Crippen molar-refractivity contribution in [2.75, 3.05) is 0 Å². The van der Waals surface area contributed by atoms with E-state index >= 15 is 0 Å². The summed E-state index contributed by atoms with van der Waals surface area (Å²) in [5, 5.41) is 2.34. The number of nitrogens with two attached hydrogens (primary N) is 1. The van der Waals surface area contributed by atoms with Crippen LogP contribution in [0.2, 0.25) is 0 Å². The zero-order chi connectivity index (χ0) is 36.2. The molecule has 0 radical (unpaired) electrons. The van der Waals surface area contributed by atoms with Crippen molar-refractivity contribution >= 4 is 49.1 Å². The second-order valence-electron chi connectivity index (χ2n) is 16.2. The van der Waals surface area contributed by atoms with Gasteiger partial charge in [0.1, 0.15) is 0 Å². The van der Waals surface area contributed by atoms with Crippen LogP contribution in [0.15, 0.2) is 97.1 Å². The normalized spacial score (nSPS) is 25.5. The quantitative estimate of drug-likeness (QED) is 0.151. The summed E-state index contributed by atoms with van der Waals surface area (Å²) in [5.41, 5.74) is 13.8. The van der Waals surface area contributed by atoms with Gasteiger partial charge in [-0.1, -0.05) is 72.8 Å². The maximum Gasteiger partial charge on any atom is 0.315 e. The number of rotatable bonds is 10. The van der Waals surface area contributed by atoms with E-state index in [0.717, 1.165) is 62.6 Å². The van der Waals surface area contributed by atoms with Crippen molar-refractivity contribution in [1.82, 2.24) is 24.7 Å². The van der Waals surface area contributed by atoms with Gasteiger partial charge in [0, 0.05) is 62.2 Å². The minimum absolute atomic E-state index is 0.210. The highest BCUT2D eigenvalue weighted by Gasteiger charge is 2.48. The highest BCUT2D eigenvalue weighted by molar-refractivity contribution is 7.18. The molecule has 4 saturated heterocycles. The third-order valence-corrected chi connectivity index (χ3v) is 15.0. The summed E-state index contributed by atoms with van der Waals surface area (Å²) in [6.07, 6.45) is 10.8. The molecule has 4 unspecified atom stereocenters. The van der Waals surface area contributed by atoms with Crippen LogP contribution in [0.1, 0.15) is 83.6 Å². The molecule has 9 heteroatoms. The average Bonchev–Trinajstić information content (AvgIpc) is 3.89. The van der Waals surface area contributed by atoms with Gasteiger partial charge < -0.3 is 10.6 Å². The second kappa shape index (κ2) is 14.5. The number of aromatic nitrogens is 2. The summed E-state index contributed by atoms with van der Waals surface area (Å²) in [4.78, 5) is 30.6. The minimum Gasteiger partial charge on any atom is -0.351 e. The van der Waals surface area contributed by atoms with E-state index in [2.05, 4.69) is 112 Å². The largest absolute Gasteiger partial charge is 0.351 e. The summed E-state index contributed by atoms with van der Waals surface area (Å²) >= 11 is 3.59. The summed E-state index contributed by atoms with van der Waals surface area (Å²) in [6.45, 7) is 1.96. The number of hydrogen-bond acceptors (Lipinski definition) is 7. The first-order valence-corrected chi connectivity index (χ1v) is 21.6. The third kappa shape index (κ3) is 6.85. The van der Waals surface area contributed by atoms with Crippen LogP contribution < -0.4 is 5.73 Å². The van der Waals surface area contributed by atoms with E-state index in [9.17, 15) is 4.79 Å². The molecule has 4 aliphatic rings. The zero-order valence-electron chi connectivity index (χ0n) is 30.7. The monoisotopic (exact) mass is 752 g/mol. The van der Waals surface area contributed by atoms with E-state index in [1.165, 1.54) is 67.4 Å². The van der Waals surface area contributed by atoms with E-state index in [1.807, 2.05) is 0 Å². The highest BCUT2D eigenvalue weighted by atomic mass is 32.1. The molecule has 276 valence electrons. The van der Waals surface area contributed by atoms with Crippen LogP contribution >= 0.6 is 22.7 Å². The van der Waals surface area contributed by atoms with Crippen LogP contribution in [-0.4, -0.2) is 66.9 Å². The molecule has 2 N–H and O–H groups in total. The predicted molar refractivity (Wildman–Crippen MR) is 220 cm³/mol. The minimum atomic E-state index is -0.210. The first-order valence-electron chi connectivity index (χ1n) is 19.9. The van der Waals surface area contributed by atoms with Crippen molar-refractivity contribution in [2.45, 2.75) is 114 Å². The van der Waals surface area contributed by atoms with E-state index < -0.39 is 0 Å². The van der Waals surface area contributed by atoms with Crippen LogP contribution in [0, 0.1) is 0 Å². The number of para-hydroxylation sites is 2. The van der Waals surface area contributed by atoms with Gasteiger partial charge in [-0.2, -0.15) is 0 Å². The molecule has 7 nitrogen and oxygen atoms in total. The van der Waals surface area contributed by atoms with Crippen molar-refractivity contribution in [3.05, 3.63) is 129 Å². The van der Waals surface area contributed by atoms with Crippen molar-refractivity contribution in [3.8, 4) is 0 Å². The van der Waals surface area contributed by atoms with Crippen LogP contribution in [0.3, 0.4) is 0 Å². The van der Waals surface area contributed by atoms with Gasteiger partial charge in [-0.05, 0) is 97.9 Å². The third-order valence-electron chi connectivity index (χ3n) is 12.9. The molecule has 2 aromatic heterocycles. The van der Waals surface area contributed by atoms with Gasteiger partial charge in [0.25, 0.3) is 0 Å². The maximum absolute atomic E-state index is 13.3. The molecule has 0 aliphatic carbocycles. The van der Waals surface area contributed by atoms with Crippen molar-refractivity contribution < 1.29 is 4.79 Å². The van der Waals surface area contributed by atoms with E-state index in [-0.39, 0.29) is 18.1 Å². The Kier molecular flexibility index (Phi) is 9.22. The number of nitrogens with zero attached hydrogens (tertiary/aromatic N) is 5. The molecule has 4 aliphatic heterocycles. The number of urea groups is 1. The lowest BCUT2D eigenvalue weighted by Crippen LogP contribution is -2.59. The number of hydrogen-bond donors (Lipinski definition) is 1. The summed E-state index contributed by atoms with van der Waals surface area (Å²) in [5.74, 6) is 0. The molecule has 6 aromatic rings. The molecule has 0 spiro atoms. The number of primary amides is 1. The van der Waals surface area contributed by atoms with Gasteiger partial charge in [0.15, 0.2) is 0 Å². The number of fused-ring (bicyclic) bond motifs is 6. The van der Waals surface area contributed by atoms with E-state index in [4.69, 9.17) is 15.7 Å². The Bertz CT molecular complexity index is 2020. The first kappa shape index (κ1) is 34.3. The molecule has 4 bridgehead atoms. The smallest absolute Gasteiger partial charge is 0.315 e. The lowest BCUT2D eigenvalue weighted by molar-refractivity contribution is 0.0179. The van der Waals surface area contributed by atoms with Gasteiger partial charge >= 0.3 is 6.03 Å². The Morgan fingerprint density at radius 2 is 0.944 bits per heavy atom. The molecule has 4 fully saturated rings. The van der Waals surface area contributed by atoms with Crippen molar-refractivity contribution in [3.63, 3.8) is 0 Å². The Balaban J connectivity index is 0.749. The number of thiazole rings is 2. The number of piperidine rings is 2. The fraction of sp³-hybridized carbons (Fsp3) is 0.400. The number of amides is 2. The zero-order valence-corrected chi connectivity index (χ0v) is 32.4. The second-order valence-corrected chi connectivity index (χ2v) is 18.5. The highest BCUT2D eigenvalue weighted by Crippen LogP contribution is 2.43. The lowest BCUT2D eigenvalue weighted by Gasteiger charge is -2.49. The van der Waals surface area contributed by atoms with Gasteiger partial charge in [-0.25, -0.2) is 14.8 Å². The number of carbonyl (C=O) groups excluding carboxylic acids is 1. The Morgan fingerprint density at radius 1 is 0.574 bits per heavy atom. The fourth-order valence-corrected chi connectivity index (χ4v) is 12.4. The van der Waals surface area contributed by atoms with E-state index in [0.29, 0.717) is 24.2 Å².